The molecule has 10 rings (SSSR count). The van der Waals surface area contributed by atoms with Crippen LogP contribution in [0.15, 0.2) is 94.7 Å². The fourth-order valence-corrected chi connectivity index (χ4v) is 13.1. The quantitative estimate of drug-likeness (QED) is 0.115. The molecule has 0 aromatic heterocycles. The Morgan fingerprint density at radius 3 is 2.47 bits per heavy atom. The van der Waals surface area contributed by atoms with Gasteiger partial charge in [-0.2, -0.15) is 4.58 Å². The number of hydrogen-bond donors (Lipinski definition) is 1. The first-order valence-corrected chi connectivity index (χ1v) is 25.8. The third-order valence-electron chi connectivity index (χ3n) is 16.6. The average molecular weight is 922 g/mol. The standard InChI is InChI=1S/C56H74ClN3O6/c1-9-10-35-59-45-24-15-13-22-43(45)53(4,5)47(59)30-27-39-20-19-21-40(49(39)57)28-31-48-54(6,7)44-23-14-16-25-46(44)60(48)36-18-12-11-17-34-58-52(61)63-50-38(3)42-29-26-37(2)41-32-33-55(8)64-51(62-50)56(41,42)66-65-55/h13-16,22-25,27-28,30-31,37-38,41-42,50-51H,9-12,17-21,26,29,32-36H2,1-8H3/p+1/t37-,38-,41+,42+,50?,51-,55-,56-/m0/s1. The lowest BCUT2D eigenvalue weighted by Crippen LogP contribution is -2.70. The molecule has 1 amide bonds. The van der Waals surface area contributed by atoms with E-state index in [1.807, 2.05) is 6.92 Å². The van der Waals surface area contributed by atoms with Crippen molar-refractivity contribution in [3.63, 3.8) is 0 Å². The highest BCUT2D eigenvalue weighted by atomic mass is 35.5. The number of anilines is 1. The number of halogens is 1. The number of hydrogen-bond acceptors (Lipinski definition) is 7. The molecule has 5 fully saturated rings. The van der Waals surface area contributed by atoms with Gasteiger partial charge in [-0.05, 0) is 119 Å². The van der Waals surface area contributed by atoms with Crippen LogP contribution in [-0.4, -0.2) is 60.0 Å². The first-order valence-electron chi connectivity index (χ1n) is 25.4. The Kier molecular flexibility index (Phi) is 13.6. The van der Waals surface area contributed by atoms with E-state index in [1.165, 1.54) is 45.1 Å². The molecule has 2 bridgehead atoms. The smallest absolute Gasteiger partial charge is 0.409 e. The highest BCUT2D eigenvalue weighted by Gasteiger charge is 2.70. The van der Waals surface area contributed by atoms with Gasteiger partial charge in [0, 0.05) is 77.3 Å². The molecule has 0 radical (unpaired) electrons. The highest BCUT2D eigenvalue weighted by molar-refractivity contribution is 6.32. The van der Waals surface area contributed by atoms with Crippen LogP contribution in [-0.2, 0) is 34.8 Å². The maximum Gasteiger partial charge on any atom is 0.409 e. The molecule has 6 aliphatic heterocycles. The lowest BCUT2D eigenvalue weighted by Gasteiger charge is -2.59. The number of ether oxygens (including phenoxy) is 3. The van der Waals surface area contributed by atoms with E-state index in [-0.39, 0.29) is 28.6 Å². The number of fused-ring (bicyclic) bond motifs is 4. The van der Waals surface area contributed by atoms with Crippen molar-refractivity contribution in [2.75, 3.05) is 24.5 Å². The minimum absolute atomic E-state index is 0.0575. The van der Waals surface area contributed by atoms with Gasteiger partial charge in [0.15, 0.2) is 17.6 Å². The van der Waals surface area contributed by atoms with Crippen LogP contribution in [0.5, 0.6) is 0 Å². The molecule has 6 heterocycles. The number of amides is 1. The summed E-state index contributed by atoms with van der Waals surface area (Å²) in [6, 6.07) is 17.7. The molecule has 356 valence electrons. The van der Waals surface area contributed by atoms with Crippen LogP contribution in [0.1, 0.15) is 150 Å². The zero-order valence-corrected chi connectivity index (χ0v) is 41.7. The van der Waals surface area contributed by atoms with Crippen molar-refractivity contribution in [1.29, 1.82) is 0 Å². The molecule has 2 aliphatic carbocycles. The summed E-state index contributed by atoms with van der Waals surface area (Å²) >= 11 is 7.33. The molecular formula is C56H75ClN3O6+. The van der Waals surface area contributed by atoms with Gasteiger partial charge in [0.25, 0.3) is 0 Å². The van der Waals surface area contributed by atoms with Crippen molar-refractivity contribution in [2.24, 2.45) is 23.7 Å². The lowest BCUT2D eigenvalue weighted by atomic mass is 9.58. The number of benzene rings is 2. The molecule has 1 unspecified atom stereocenters. The topological polar surface area (TPSA) is 81.5 Å². The first kappa shape index (κ1) is 47.3. The molecule has 8 aliphatic rings. The number of unbranched alkanes of at least 4 members (excludes halogenated alkanes) is 4. The molecule has 4 saturated heterocycles. The Morgan fingerprint density at radius 2 is 1.65 bits per heavy atom. The minimum atomic E-state index is -0.865. The number of allylic oxidation sites excluding steroid dienone is 8. The zero-order chi connectivity index (χ0) is 46.4. The molecule has 9 nitrogen and oxygen atoms in total. The summed E-state index contributed by atoms with van der Waals surface area (Å²) in [5.41, 5.74) is 9.55. The number of para-hydroxylation sites is 2. The van der Waals surface area contributed by atoms with Gasteiger partial charge in [-0.3, -0.25) is 0 Å². The summed E-state index contributed by atoms with van der Waals surface area (Å²) in [6.45, 7) is 20.5. The van der Waals surface area contributed by atoms with Crippen LogP contribution in [0, 0.1) is 23.7 Å². The molecule has 1 spiro atoms. The monoisotopic (exact) mass is 921 g/mol. The van der Waals surface area contributed by atoms with Crippen molar-refractivity contribution in [2.45, 2.75) is 174 Å². The summed E-state index contributed by atoms with van der Waals surface area (Å²) < 4.78 is 21.4. The third-order valence-corrected chi connectivity index (χ3v) is 17.1. The molecular weight excluding hydrogens is 846 g/mol. The van der Waals surface area contributed by atoms with E-state index in [2.05, 4.69) is 136 Å². The van der Waals surface area contributed by atoms with E-state index in [4.69, 9.17) is 35.6 Å². The van der Waals surface area contributed by atoms with Crippen LogP contribution in [0.2, 0.25) is 0 Å². The SMILES string of the molecule is CCCCN1C(=CC=C2CCCC(C=CC3=[N+](CCCCCCNC(=O)OC4O[C@H]5O[C@]6(C)CC[C@@H]7[C@@H](C)CC[C@H]([C@@H]4C)[C@]57OO6)c4ccccc4C3(C)C)=C2Cl)C(C)(C)c2ccccc21. The van der Waals surface area contributed by atoms with Gasteiger partial charge in [0.1, 0.15) is 6.54 Å². The average Bonchev–Trinajstić information content (AvgIpc) is 3.48. The zero-order valence-electron chi connectivity index (χ0n) is 40.9. The third kappa shape index (κ3) is 8.56. The Balaban J connectivity index is 0.815. The normalized spacial score (nSPS) is 33.1. The Labute approximate surface area is 399 Å². The predicted molar refractivity (Wildman–Crippen MR) is 263 cm³/mol. The molecule has 10 heteroatoms. The predicted octanol–water partition coefficient (Wildman–Crippen LogP) is 13.2. The molecule has 66 heavy (non-hydrogen) atoms. The molecule has 2 aromatic rings. The number of alkyl carbamates (subject to hydrolysis) is 1. The van der Waals surface area contributed by atoms with Gasteiger partial charge in [-0.1, -0.05) is 108 Å². The van der Waals surface area contributed by atoms with Crippen LogP contribution < -0.4 is 10.2 Å². The second-order valence-electron chi connectivity index (χ2n) is 21.6. The number of nitrogens with one attached hydrogen (secondary N) is 1. The molecule has 2 aromatic carbocycles. The second-order valence-corrected chi connectivity index (χ2v) is 22.0. The lowest BCUT2D eigenvalue weighted by molar-refractivity contribution is -0.576. The number of carbonyl (C=O) groups is 1. The summed E-state index contributed by atoms with van der Waals surface area (Å²) in [4.78, 5) is 27.9. The van der Waals surface area contributed by atoms with E-state index in [9.17, 15) is 4.79 Å². The van der Waals surface area contributed by atoms with E-state index in [0.29, 0.717) is 12.5 Å². The number of nitrogens with zero attached hydrogens (tertiary/aromatic N) is 2. The fourth-order valence-electron chi connectivity index (χ4n) is 12.7. The van der Waals surface area contributed by atoms with Crippen LogP contribution in [0.4, 0.5) is 16.2 Å². The van der Waals surface area contributed by atoms with Gasteiger partial charge in [0.2, 0.25) is 17.8 Å². The van der Waals surface area contributed by atoms with Gasteiger partial charge in [-0.25, -0.2) is 14.6 Å². The first-order chi connectivity index (χ1) is 31.7. The summed E-state index contributed by atoms with van der Waals surface area (Å²) in [5.74, 6) is -0.0708. The second kappa shape index (κ2) is 19.0. The van der Waals surface area contributed by atoms with Crippen molar-refractivity contribution in [3.05, 3.63) is 106 Å². The maximum atomic E-state index is 13.2. The van der Waals surface area contributed by atoms with Crippen LogP contribution in [0.25, 0.3) is 0 Å². The number of rotatable bonds is 14. The van der Waals surface area contributed by atoms with E-state index < -0.39 is 30.1 Å². The van der Waals surface area contributed by atoms with E-state index in [1.54, 1.807) is 0 Å². The maximum absolute atomic E-state index is 13.2. The number of carbonyl (C=O) groups excluding carboxylic acids is 1. The van der Waals surface area contributed by atoms with Gasteiger partial charge in [0.05, 0.1) is 5.41 Å². The summed E-state index contributed by atoms with van der Waals surface area (Å²) in [7, 11) is 0. The highest BCUT2D eigenvalue weighted by Crippen LogP contribution is 2.60. The Hall–Kier alpha value is -3.73. The van der Waals surface area contributed by atoms with Crippen molar-refractivity contribution in [1.82, 2.24) is 5.32 Å². The largest absolute Gasteiger partial charge is 0.419 e. The fraction of sp³-hybridized carbons (Fsp3) is 0.607. The Morgan fingerprint density at radius 1 is 0.879 bits per heavy atom. The van der Waals surface area contributed by atoms with Gasteiger partial charge in [-0.15, -0.1) is 0 Å². The van der Waals surface area contributed by atoms with E-state index >= 15 is 0 Å². The summed E-state index contributed by atoms with van der Waals surface area (Å²) in [5, 5.41) is 3.90. The van der Waals surface area contributed by atoms with Crippen LogP contribution >= 0.6 is 11.6 Å². The minimum Gasteiger partial charge on any atom is -0.419 e. The van der Waals surface area contributed by atoms with Crippen molar-refractivity contribution in [3.8, 4) is 0 Å². The van der Waals surface area contributed by atoms with Gasteiger partial charge < -0.3 is 24.4 Å². The van der Waals surface area contributed by atoms with Crippen LogP contribution in [0.3, 0.4) is 0 Å². The Bertz CT molecular complexity index is 2310. The van der Waals surface area contributed by atoms with Crippen molar-refractivity contribution >= 4 is 34.8 Å². The molecule has 1 saturated carbocycles. The van der Waals surface area contributed by atoms with E-state index in [0.717, 1.165) is 102 Å². The summed E-state index contributed by atoms with van der Waals surface area (Å²) in [6.07, 6.45) is 20.6. The molecule has 8 atom stereocenters. The molecule has 1 N–H and O–H groups in total. The van der Waals surface area contributed by atoms with Crippen molar-refractivity contribution < 1.29 is 33.4 Å². The van der Waals surface area contributed by atoms with Gasteiger partial charge >= 0.3 is 6.09 Å².